The third kappa shape index (κ3) is 5.03. The number of nitrogens with one attached hydrogen (secondary N) is 1. The Bertz CT molecular complexity index is 965. The Morgan fingerprint density at radius 3 is 2.58 bits per heavy atom. The van der Waals surface area contributed by atoms with Gasteiger partial charge in [-0.25, -0.2) is 14.6 Å². The number of anilines is 1. The zero-order valence-corrected chi connectivity index (χ0v) is 18.7. The first-order valence-corrected chi connectivity index (χ1v) is 11.8. The molecule has 0 saturated heterocycles. The minimum absolute atomic E-state index is 0.153. The molecule has 1 aromatic carbocycles. The fraction of sp³-hybridized carbons (Fsp3) is 0.583. The molecule has 0 aliphatic heterocycles. The lowest BCUT2D eigenvalue weighted by Gasteiger charge is -2.20. The van der Waals surface area contributed by atoms with Crippen LogP contribution in [0.3, 0.4) is 0 Å². The van der Waals surface area contributed by atoms with Gasteiger partial charge in [0.2, 0.25) is 0 Å². The SMILES string of the molecule is CCCCCC[C@@H]([C@@H](C)O)n1nnc2c(NC3CCCC3)nc(-c3ccccc3)nc21. The lowest BCUT2D eigenvalue weighted by molar-refractivity contribution is 0.116. The largest absolute Gasteiger partial charge is 0.391 e. The van der Waals surface area contributed by atoms with Gasteiger partial charge in [-0.2, -0.15) is 0 Å². The van der Waals surface area contributed by atoms with Crippen molar-refractivity contribution in [2.45, 2.75) is 89.8 Å². The van der Waals surface area contributed by atoms with E-state index in [-0.39, 0.29) is 6.04 Å². The van der Waals surface area contributed by atoms with Crippen LogP contribution in [-0.2, 0) is 0 Å². The van der Waals surface area contributed by atoms with E-state index < -0.39 is 6.10 Å². The maximum Gasteiger partial charge on any atom is 0.184 e. The number of fused-ring (bicyclic) bond motifs is 1. The van der Waals surface area contributed by atoms with Gasteiger partial charge in [-0.3, -0.25) is 0 Å². The minimum Gasteiger partial charge on any atom is -0.391 e. The van der Waals surface area contributed by atoms with Crippen LogP contribution >= 0.6 is 0 Å². The van der Waals surface area contributed by atoms with Gasteiger partial charge in [0.1, 0.15) is 0 Å². The molecule has 0 radical (unpaired) electrons. The maximum absolute atomic E-state index is 10.5. The fourth-order valence-electron chi connectivity index (χ4n) is 4.48. The number of rotatable bonds is 10. The van der Waals surface area contributed by atoms with Crippen LogP contribution in [0, 0.1) is 0 Å². The summed E-state index contributed by atoms with van der Waals surface area (Å²) in [4.78, 5) is 9.70. The van der Waals surface area contributed by atoms with Crippen molar-refractivity contribution in [2.24, 2.45) is 0 Å². The molecule has 0 bridgehead atoms. The van der Waals surface area contributed by atoms with Gasteiger partial charge in [-0.1, -0.05) is 81.0 Å². The number of nitrogens with zero attached hydrogens (tertiary/aromatic N) is 5. The van der Waals surface area contributed by atoms with Crippen molar-refractivity contribution in [3.05, 3.63) is 30.3 Å². The number of aromatic nitrogens is 5. The molecule has 2 N–H and O–H groups in total. The zero-order chi connectivity index (χ0) is 21.6. The van der Waals surface area contributed by atoms with Crippen molar-refractivity contribution < 1.29 is 5.11 Å². The Morgan fingerprint density at radius 1 is 1.10 bits per heavy atom. The van der Waals surface area contributed by atoms with Crippen molar-refractivity contribution in [3.8, 4) is 11.4 Å². The van der Waals surface area contributed by atoms with E-state index in [0.29, 0.717) is 23.0 Å². The van der Waals surface area contributed by atoms with Crippen molar-refractivity contribution in [1.29, 1.82) is 0 Å². The first-order valence-electron chi connectivity index (χ1n) is 11.8. The molecular formula is C24H34N6O. The number of aliphatic hydroxyl groups is 1. The Labute approximate surface area is 184 Å². The third-order valence-electron chi connectivity index (χ3n) is 6.28. The number of aliphatic hydroxyl groups excluding tert-OH is 1. The highest BCUT2D eigenvalue weighted by Gasteiger charge is 2.25. The van der Waals surface area contributed by atoms with Gasteiger partial charge >= 0.3 is 0 Å². The van der Waals surface area contributed by atoms with Crippen LogP contribution in [0.1, 0.15) is 77.7 Å². The molecule has 1 aliphatic rings. The van der Waals surface area contributed by atoms with Gasteiger partial charge in [0.25, 0.3) is 0 Å². The summed E-state index contributed by atoms with van der Waals surface area (Å²) < 4.78 is 1.82. The topological polar surface area (TPSA) is 88.8 Å². The molecule has 7 nitrogen and oxygen atoms in total. The smallest absolute Gasteiger partial charge is 0.184 e. The Morgan fingerprint density at radius 2 is 1.87 bits per heavy atom. The summed E-state index contributed by atoms with van der Waals surface area (Å²) in [5, 5.41) is 23.1. The van der Waals surface area contributed by atoms with Crippen LogP contribution in [0.5, 0.6) is 0 Å². The van der Waals surface area contributed by atoms with E-state index in [0.717, 1.165) is 43.5 Å². The molecule has 1 fully saturated rings. The van der Waals surface area contributed by atoms with Crippen LogP contribution in [0.2, 0.25) is 0 Å². The molecule has 31 heavy (non-hydrogen) atoms. The van der Waals surface area contributed by atoms with Gasteiger partial charge in [-0.05, 0) is 26.2 Å². The van der Waals surface area contributed by atoms with E-state index in [1.807, 2.05) is 41.9 Å². The molecule has 166 valence electrons. The first kappa shape index (κ1) is 21.7. The number of unbranched alkanes of at least 4 members (excludes halogenated alkanes) is 3. The second-order valence-electron chi connectivity index (χ2n) is 8.75. The third-order valence-corrected chi connectivity index (χ3v) is 6.28. The van der Waals surface area contributed by atoms with Crippen LogP contribution in [-0.4, -0.2) is 42.2 Å². The number of hydrogen-bond acceptors (Lipinski definition) is 6. The Kier molecular flexibility index (Phi) is 7.12. The molecule has 0 unspecified atom stereocenters. The number of benzene rings is 1. The molecule has 2 heterocycles. The lowest BCUT2D eigenvalue weighted by atomic mass is 10.0. The van der Waals surface area contributed by atoms with Crippen LogP contribution < -0.4 is 5.32 Å². The summed E-state index contributed by atoms with van der Waals surface area (Å²) >= 11 is 0. The average Bonchev–Trinajstić information content (AvgIpc) is 3.44. The van der Waals surface area contributed by atoms with E-state index in [9.17, 15) is 5.11 Å². The molecule has 7 heteroatoms. The second-order valence-corrected chi connectivity index (χ2v) is 8.75. The fourth-order valence-corrected chi connectivity index (χ4v) is 4.48. The normalized spacial score (nSPS) is 16.6. The van der Waals surface area contributed by atoms with Crippen molar-refractivity contribution in [3.63, 3.8) is 0 Å². The molecular weight excluding hydrogens is 388 g/mol. The van der Waals surface area contributed by atoms with Crippen LogP contribution in [0.25, 0.3) is 22.6 Å². The van der Waals surface area contributed by atoms with Crippen molar-refractivity contribution in [2.75, 3.05) is 5.32 Å². The van der Waals surface area contributed by atoms with Gasteiger partial charge in [0.05, 0.1) is 12.1 Å². The van der Waals surface area contributed by atoms with E-state index >= 15 is 0 Å². The summed E-state index contributed by atoms with van der Waals surface area (Å²) in [6.45, 7) is 4.03. The maximum atomic E-state index is 10.5. The van der Waals surface area contributed by atoms with Gasteiger partial charge in [0.15, 0.2) is 22.8 Å². The zero-order valence-electron chi connectivity index (χ0n) is 18.7. The summed E-state index contributed by atoms with van der Waals surface area (Å²) in [6.07, 6.45) is 9.70. The molecule has 1 saturated carbocycles. The highest BCUT2D eigenvalue weighted by atomic mass is 16.3. The predicted octanol–water partition coefficient (Wildman–Crippen LogP) is 5.14. The van der Waals surface area contributed by atoms with E-state index in [1.54, 1.807) is 0 Å². The number of hydrogen-bond donors (Lipinski definition) is 2. The molecule has 0 amide bonds. The first-order chi connectivity index (χ1) is 15.2. The highest BCUT2D eigenvalue weighted by Crippen LogP contribution is 2.30. The Balaban J connectivity index is 1.73. The summed E-state index contributed by atoms with van der Waals surface area (Å²) in [7, 11) is 0. The van der Waals surface area contributed by atoms with Crippen molar-refractivity contribution in [1.82, 2.24) is 25.0 Å². The second kappa shape index (κ2) is 10.2. The average molecular weight is 423 g/mol. The van der Waals surface area contributed by atoms with E-state index in [4.69, 9.17) is 9.97 Å². The molecule has 3 aromatic rings. The van der Waals surface area contributed by atoms with Crippen molar-refractivity contribution >= 4 is 17.0 Å². The van der Waals surface area contributed by atoms with Gasteiger partial charge in [0, 0.05) is 11.6 Å². The predicted molar refractivity (Wildman–Crippen MR) is 124 cm³/mol. The summed E-state index contributed by atoms with van der Waals surface area (Å²) in [5.74, 6) is 1.41. The lowest BCUT2D eigenvalue weighted by Crippen LogP contribution is -2.23. The summed E-state index contributed by atoms with van der Waals surface area (Å²) in [6, 6.07) is 10.3. The van der Waals surface area contributed by atoms with E-state index in [1.165, 1.54) is 25.7 Å². The minimum atomic E-state index is -0.534. The summed E-state index contributed by atoms with van der Waals surface area (Å²) in [5.41, 5.74) is 2.34. The van der Waals surface area contributed by atoms with Crippen LogP contribution in [0.15, 0.2) is 30.3 Å². The Hall–Kier alpha value is -2.54. The molecule has 2 atom stereocenters. The van der Waals surface area contributed by atoms with Gasteiger partial charge in [-0.15, -0.1) is 5.10 Å². The highest BCUT2D eigenvalue weighted by molar-refractivity contribution is 5.84. The molecule has 1 aliphatic carbocycles. The van der Waals surface area contributed by atoms with E-state index in [2.05, 4.69) is 22.6 Å². The molecule has 4 rings (SSSR count). The van der Waals surface area contributed by atoms with Gasteiger partial charge < -0.3 is 10.4 Å². The standard InChI is InChI=1S/C24H34N6O/c1-3-4-5-9-16-20(17(2)31)30-24-21(28-29-30)23(25-19-14-10-11-15-19)26-22(27-24)18-12-7-6-8-13-18/h6-8,12-13,17,19-20,31H,3-5,9-11,14-16H2,1-2H3,(H,25,26,27)/t17-,20+/m1/s1. The molecule has 2 aromatic heterocycles. The molecule has 0 spiro atoms. The van der Waals surface area contributed by atoms with Crippen LogP contribution in [0.4, 0.5) is 5.82 Å². The quantitative estimate of drug-likeness (QED) is 0.440. The monoisotopic (exact) mass is 422 g/mol.